The van der Waals surface area contributed by atoms with E-state index in [2.05, 4.69) is 24.5 Å². The zero-order chi connectivity index (χ0) is 31.1. The predicted molar refractivity (Wildman–Crippen MR) is 150 cm³/mol. The summed E-state index contributed by atoms with van der Waals surface area (Å²) >= 11 is 0. The van der Waals surface area contributed by atoms with Gasteiger partial charge in [0.2, 0.25) is 24.6 Å². The normalized spacial score (nSPS) is 13.2. The minimum Gasteiger partial charge on any atom is -0.479 e. The molecule has 0 aliphatic heterocycles. The molecule has 13 nitrogen and oxygen atoms in total. The fourth-order valence-electron chi connectivity index (χ4n) is 3.89. The van der Waals surface area contributed by atoms with E-state index >= 15 is 0 Å². The van der Waals surface area contributed by atoms with Gasteiger partial charge in [-0.15, -0.1) is 0 Å². The van der Waals surface area contributed by atoms with Gasteiger partial charge in [0, 0.05) is 24.2 Å². The van der Waals surface area contributed by atoms with Gasteiger partial charge >= 0.3 is 5.97 Å². The molecule has 0 heterocycles. The molecule has 0 aliphatic carbocycles. The van der Waals surface area contributed by atoms with E-state index in [-0.39, 0.29) is 38.8 Å². The van der Waals surface area contributed by atoms with Gasteiger partial charge in [-0.2, -0.15) is 0 Å². The van der Waals surface area contributed by atoms with Crippen LogP contribution in [0.15, 0.2) is 23.5 Å². The van der Waals surface area contributed by atoms with Crippen LogP contribution in [0, 0.1) is 0 Å². The van der Waals surface area contributed by atoms with Gasteiger partial charge in [0.25, 0.3) is 0 Å². The first-order chi connectivity index (χ1) is 19.5. The molecule has 4 amide bonds. The summed E-state index contributed by atoms with van der Waals surface area (Å²) in [6, 6.07) is 0. The first-order valence-corrected chi connectivity index (χ1v) is 14.3. The van der Waals surface area contributed by atoms with Crippen LogP contribution in [0.4, 0.5) is 0 Å². The number of hydroxylamine groups is 4. The number of carboxylic acid groups (broad SMARTS) is 1. The summed E-state index contributed by atoms with van der Waals surface area (Å²) in [7, 11) is 0. The number of aliphatic hydroxyl groups is 1. The molecule has 6 N–H and O–H groups in total. The molecule has 0 saturated heterocycles. The van der Waals surface area contributed by atoms with Crippen LogP contribution in [0.3, 0.4) is 0 Å². The average molecular weight is 585 g/mol. The predicted octanol–water partition coefficient (Wildman–Crippen LogP) is 3.00. The molecule has 13 heteroatoms. The molecule has 1 unspecified atom stereocenters. The van der Waals surface area contributed by atoms with Crippen molar-refractivity contribution in [3.8, 4) is 0 Å². The molecule has 0 aromatic heterocycles. The van der Waals surface area contributed by atoms with Crippen LogP contribution in [0.1, 0.15) is 104 Å². The van der Waals surface area contributed by atoms with E-state index in [1.807, 2.05) is 0 Å². The van der Waals surface area contributed by atoms with E-state index in [0.717, 1.165) is 51.4 Å². The zero-order valence-electron chi connectivity index (χ0n) is 24.3. The summed E-state index contributed by atoms with van der Waals surface area (Å²) in [5.74, 6) is -3.47. The van der Waals surface area contributed by atoms with Crippen LogP contribution < -0.4 is 10.6 Å². The second-order valence-electron chi connectivity index (χ2n) is 9.98. The standard InChI is InChI=1S/C28H48N4O9/c1-3-5-7-9-11-13-23(15-17-31(40)21-33)29-25(35)19-28(39,27(37)38)20-26(36)30-24(16-18-32(41)22-34)14-12-10-8-6-4-2/h13-14,21-22,39-41H,3-12,15-20H2,1-2H3,(H,29,35)(H,30,36)(H,37,38)/b23-13-,24-14+. The number of carboxylic acids is 1. The molecule has 0 spiro atoms. The first kappa shape index (κ1) is 37.7. The van der Waals surface area contributed by atoms with Crippen molar-refractivity contribution in [2.75, 3.05) is 13.1 Å². The molecule has 0 radical (unpaired) electrons. The fourth-order valence-corrected chi connectivity index (χ4v) is 3.89. The molecule has 41 heavy (non-hydrogen) atoms. The number of unbranched alkanes of at least 4 members (excludes halogenated alkanes) is 8. The van der Waals surface area contributed by atoms with Gasteiger partial charge in [-0.25, -0.2) is 14.9 Å². The van der Waals surface area contributed by atoms with Crippen molar-refractivity contribution in [2.24, 2.45) is 0 Å². The second-order valence-corrected chi connectivity index (χ2v) is 9.98. The Bertz CT molecular complexity index is 817. The Morgan fingerprint density at radius 3 is 1.41 bits per heavy atom. The number of hydrogen-bond acceptors (Lipinski definition) is 8. The summed E-state index contributed by atoms with van der Waals surface area (Å²) in [6.07, 6.45) is 11.2. The van der Waals surface area contributed by atoms with Crippen molar-refractivity contribution in [3.63, 3.8) is 0 Å². The van der Waals surface area contributed by atoms with Gasteiger partial charge in [0.05, 0.1) is 25.9 Å². The highest BCUT2D eigenvalue weighted by atomic mass is 16.5. The maximum Gasteiger partial charge on any atom is 0.336 e. The minimum atomic E-state index is -2.72. The summed E-state index contributed by atoms with van der Waals surface area (Å²) in [5, 5.41) is 45.1. The Morgan fingerprint density at radius 2 is 1.10 bits per heavy atom. The van der Waals surface area contributed by atoms with Crippen LogP contribution in [0.2, 0.25) is 0 Å². The van der Waals surface area contributed by atoms with E-state index in [0.29, 0.717) is 34.4 Å². The van der Waals surface area contributed by atoms with Gasteiger partial charge in [0.15, 0.2) is 5.60 Å². The first-order valence-electron chi connectivity index (χ1n) is 14.3. The number of hydrogen-bond donors (Lipinski definition) is 6. The summed E-state index contributed by atoms with van der Waals surface area (Å²) < 4.78 is 0. The minimum absolute atomic E-state index is 0.0792. The molecule has 234 valence electrons. The number of nitrogens with zero attached hydrogens (tertiary/aromatic N) is 2. The third-order valence-corrected chi connectivity index (χ3v) is 6.26. The van der Waals surface area contributed by atoms with E-state index < -0.39 is 36.2 Å². The van der Waals surface area contributed by atoms with Gasteiger partial charge in [0.1, 0.15) is 0 Å². The highest BCUT2D eigenvalue weighted by Crippen LogP contribution is 2.18. The Morgan fingerprint density at radius 1 is 0.707 bits per heavy atom. The summed E-state index contributed by atoms with van der Waals surface area (Å²) in [4.78, 5) is 58.8. The number of aliphatic carboxylic acids is 1. The Labute approximate surface area is 242 Å². The van der Waals surface area contributed by atoms with Crippen molar-refractivity contribution < 1.29 is 44.6 Å². The quantitative estimate of drug-likeness (QED) is 0.0404. The topological polar surface area (TPSA) is 197 Å². The highest BCUT2D eigenvalue weighted by molar-refractivity contribution is 5.92. The second kappa shape index (κ2) is 22.4. The molecule has 0 fully saturated rings. The fraction of sp³-hybridized carbons (Fsp3) is 0.679. The molecule has 0 rings (SSSR count). The van der Waals surface area contributed by atoms with Crippen LogP contribution in [0.5, 0.6) is 0 Å². The van der Waals surface area contributed by atoms with Gasteiger partial charge in [-0.05, 0) is 25.7 Å². The summed E-state index contributed by atoms with van der Waals surface area (Å²) in [6.45, 7) is 3.92. The van der Waals surface area contributed by atoms with E-state index in [1.54, 1.807) is 12.2 Å². The van der Waals surface area contributed by atoms with Crippen LogP contribution in [-0.4, -0.2) is 80.0 Å². The Kier molecular flexibility index (Phi) is 20.6. The molecule has 0 aliphatic rings. The van der Waals surface area contributed by atoms with Gasteiger partial charge in [-0.1, -0.05) is 64.5 Å². The lowest BCUT2D eigenvalue weighted by molar-refractivity contribution is -0.164. The number of allylic oxidation sites excluding steroid dienone is 2. The lowest BCUT2D eigenvalue weighted by Crippen LogP contribution is -2.47. The van der Waals surface area contributed by atoms with Crippen molar-refractivity contribution in [2.45, 2.75) is 109 Å². The molecule has 0 saturated carbocycles. The SMILES string of the molecule is CCCCCC/C=C(/CCN(O)C=O)NC(=O)CC(O)(CC(=O)N/C(=C/CCCCCC)CCN(O)C=O)C(=O)O. The monoisotopic (exact) mass is 584 g/mol. The Hall–Kier alpha value is -3.29. The number of rotatable bonds is 25. The highest BCUT2D eigenvalue weighted by Gasteiger charge is 2.41. The lowest BCUT2D eigenvalue weighted by atomic mass is 9.94. The lowest BCUT2D eigenvalue weighted by Gasteiger charge is -2.23. The Balaban J connectivity index is 5.42. The van der Waals surface area contributed by atoms with E-state index in [9.17, 15) is 44.6 Å². The maximum absolute atomic E-state index is 12.7. The van der Waals surface area contributed by atoms with Crippen LogP contribution >= 0.6 is 0 Å². The molecule has 0 bridgehead atoms. The molecular formula is C28H48N4O9. The smallest absolute Gasteiger partial charge is 0.336 e. The number of amides is 4. The van der Waals surface area contributed by atoms with Gasteiger partial charge < -0.3 is 20.8 Å². The number of carbonyl (C=O) groups is 5. The van der Waals surface area contributed by atoms with Crippen LogP contribution in [-0.2, 0) is 24.0 Å². The average Bonchev–Trinajstić information content (AvgIpc) is 2.93. The molecule has 0 aromatic rings. The van der Waals surface area contributed by atoms with Crippen LogP contribution in [0.25, 0.3) is 0 Å². The van der Waals surface area contributed by atoms with Crippen molar-refractivity contribution >= 4 is 30.6 Å². The van der Waals surface area contributed by atoms with Crippen molar-refractivity contribution in [1.29, 1.82) is 0 Å². The van der Waals surface area contributed by atoms with Gasteiger partial charge in [-0.3, -0.25) is 29.6 Å². The molecular weight excluding hydrogens is 536 g/mol. The molecule has 0 aromatic carbocycles. The number of carbonyl (C=O) groups excluding carboxylic acids is 4. The zero-order valence-corrected chi connectivity index (χ0v) is 24.3. The largest absolute Gasteiger partial charge is 0.479 e. The third kappa shape index (κ3) is 18.6. The molecule has 1 atom stereocenters. The maximum atomic E-state index is 12.7. The number of nitrogens with one attached hydrogen (secondary N) is 2. The summed E-state index contributed by atoms with van der Waals surface area (Å²) in [5.41, 5.74) is -2.02. The van der Waals surface area contributed by atoms with Crippen molar-refractivity contribution in [3.05, 3.63) is 23.5 Å². The van der Waals surface area contributed by atoms with Crippen molar-refractivity contribution in [1.82, 2.24) is 20.8 Å². The van der Waals surface area contributed by atoms with E-state index in [1.165, 1.54) is 0 Å². The third-order valence-electron chi connectivity index (χ3n) is 6.26. The van der Waals surface area contributed by atoms with E-state index in [4.69, 9.17) is 0 Å².